The van der Waals surface area contributed by atoms with Crippen molar-refractivity contribution >= 4 is 45.3 Å². The van der Waals surface area contributed by atoms with E-state index in [0.717, 1.165) is 0 Å². The van der Waals surface area contributed by atoms with Crippen LogP contribution >= 0.6 is 34.8 Å². The molecule has 0 saturated carbocycles. The van der Waals surface area contributed by atoms with E-state index >= 15 is 0 Å². The van der Waals surface area contributed by atoms with Crippen molar-refractivity contribution in [1.82, 2.24) is 0 Å². The van der Waals surface area contributed by atoms with Gasteiger partial charge in [0.2, 0.25) is 4.52 Å². The molecule has 0 aromatic rings. The number of hydrogen-bond donors (Lipinski definition) is 0. The van der Waals surface area contributed by atoms with Crippen molar-refractivity contribution < 1.29 is 4.43 Å². The Bertz CT molecular complexity index is 74.9. The minimum absolute atomic E-state index is 0.372. The highest BCUT2D eigenvalue weighted by Gasteiger charge is 2.28. The van der Waals surface area contributed by atoms with Gasteiger partial charge in [0.25, 0.3) is 0 Å². The summed E-state index contributed by atoms with van der Waals surface area (Å²) in [5.74, 6) is 0. The second-order valence-corrected chi connectivity index (χ2v) is 3.76. The molecular weight excluding hydrogens is 186 g/mol. The fourth-order valence-electron chi connectivity index (χ4n) is 0.162. The molecule has 0 amide bonds. The Labute approximate surface area is 66.8 Å². The van der Waals surface area contributed by atoms with Crippen LogP contribution in [0.15, 0.2) is 0 Å². The summed E-state index contributed by atoms with van der Waals surface area (Å²) in [6.45, 7) is 1.68. The lowest BCUT2D eigenvalue weighted by Crippen LogP contribution is -2.26. The third kappa shape index (κ3) is 2.55. The lowest BCUT2D eigenvalue weighted by atomic mass is 10.5. The summed E-state index contributed by atoms with van der Waals surface area (Å²) < 4.78 is 3.55. The van der Waals surface area contributed by atoms with Gasteiger partial charge in [-0.25, -0.2) is 0 Å². The van der Waals surface area contributed by atoms with Gasteiger partial charge >= 0.3 is 0 Å². The van der Waals surface area contributed by atoms with Crippen LogP contribution in [0.5, 0.6) is 0 Å². The van der Waals surface area contributed by atoms with E-state index in [1.165, 1.54) is 0 Å². The lowest BCUT2D eigenvalue weighted by molar-refractivity contribution is 0.265. The van der Waals surface area contributed by atoms with Crippen LogP contribution < -0.4 is 0 Å². The molecule has 0 spiro atoms. The molecule has 0 aliphatic carbocycles. The predicted octanol–water partition coefficient (Wildman–Crippen LogP) is 1.04. The normalized spacial score (nSPS) is 16.5. The number of halogens is 3. The molecule has 8 heavy (non-hydrogen) atoms. The second kappa shape index (κ2) is 3.27. The van der Waals surface area contributed by atoms with E-state index in [2.05, 4.69) is 0 Å². The first kappa shape index (κ1) is 9.05. The second-order valence-electron chi connectivity index (χ2n) is 1.38. The zero-order valence-electron chi connectivity index (χ0n) is 4.62. The van der Waals surface area contributed by atoms with Crippen LogP contribution in [0.2, 0.25) is 0 Å². The fourth-order valence-corrected chi connectivity index (χ4v) is 0.754. The first-order chi connectivity index (χ1) is 3.50. The van der Waals surface area contributed by atoms with E-state index in [1.807, 2.05) is 0 Å². The Balaban J connectivity index is 3.71. The zero-order chi connectivity index (χ0) is 6.78. The minimum atomic E-state index is -1.19. The molecule has 0 heterocycles. The molecule has 0 N–H and O–H groups in total. The van der Waals surface area contributed by atoms with Gasteiger partial charge in [0, 0.05) is 0 Å². The molecule has 0 fully saturated rings. The van der Waals surface area contributed by atoms with Crippen molar-refractivity contribution in [3.05, 3.63) is 0 Å². The third-order valence-corrected chi connectivity index (χ3v) is 3.39. The Morgan fingerprint density at radius 2 is 2.00 bits per heavy atom. The van der Waals surface area contributed by atoms with Gasteiger partial charge in [-0.1, -0.05) is 23.2 Å². The molecule has 0 aliphatic heterocycles. The summed E-state index contributed by atoms with van der Waals surface area (Å²) in [7, 11) is 0.497. The van der Waals surface area contributed by atoms with Crippen molar-refractivity contribution in [3.63, 3.8) is 0 Å². The Hall–Kier alpha value is 1.05. The quantitative estimate of drug-likeness (QED) is 0.470. The highest BCUT2D eigenvalue weighted by atomic mass is 35.5. The Morgan fingerprint density at radius 1 is 1.62 bits per heavy atom. The van der Waals surface area contributed by atoms with Crippen LogP contribution in [-0.4, -0.2) is 20.4 Å². The van der Waals surface area contributed by atoms with Gasteiger partial charge in [-0.05, 0) is 6.92 Å². The highest BCUT2D eigenvalue weighted by molar-refractivity contribution is 6.51. The largest absolute Gasteiger partial charge is 0.398 e. The van der Waals surface area contributed by atoms with Crippen LogP contribution in [0.25, 0.3) is 0 Å². The molecule has 0 rings (SSSR count). The third-order valence-electron chi connectivity index (χ3n) is 0.735. The number of hydrogen-bond acceptors (Lipinski definition) is 1. The molecule has 5 heteroatoms. The average Bonchev–Trinajstić information content (AvgIpc) is 1.67. The number of alkyl halides is 3. The van der Waals surface area contributed by atoms with Crippen LogP contribution in [0.1, 0.15) is 6.92 Å². The standard InChI is InChI=1S/C3H7Cl3OSi/c1-2(4)3(5,6)7-8/h2H,1,8H3. The van der Waals surface area contributed by atoms with Crippen LogP contribution in [0.4, 0.5) is 0 Å². The lowest BCUT2D eigenvalue weighted by Gasteiger charge is -2.19. The van der Waals surface area contributed by atoms with Crippen LogP contribution in [0, 0.1) is 0 Å². The Morgan fingerprint density at radius 3 is 2.00 bits per heavy atom. The molecule has 0 aromatic carbocycles. The van der Waals surface area contributed by atoms with Crippen molar-refractivity contribution in [1.29, 1.82) is 0 Å². The summed E-state index contributed by atoms with van der Waals surface area (Å²) in [6, 6.07) is 0. The first-order valence-corrected chi connectivity index (χ1v) is 4.08. The molecule has 50 valence electrons. The molecule has 0 saturated heterocycles. The first-order valence-electron chi connectivity index (χ1n) is 2.07. The predicted molar refractivity (Wildman–Crippen MR) is 40.8 cm³/mol. The molecular formula is C3H7Cl3OSi. The molecule has 1 atom stereocenters. The molecule has 0 bridgehead atoms. The van der Waals surface area contributed by atoms with Crippen LogP contribution in [-0.2, 0) is 4.43 Å². The van der Waals surface area contributed by atoms with Crippen molar-refractivity contribution in [2.45, 2.75) is 16.8 Å². The van der Waals surface area contributed by atoms with E-state index < -0.39 is 4.52 Å². The van der Waals surface area contributed by atoms with Crippen molar-refractivity contribution in [2.24, 2.45) is 0 Å². The summed E-state index contributed by atoms with van der Waals surface area (Å²) in [5, 5.41) is -0.372. The van der Waals surface area contributed by atoms with E-state index in [0.29, 0.717) is 10.5 Å². The smallest absolute Gasteiger partial charge is 0.223 e. The SMILES string of the molecule is CC(Cl)C(Cl)(Cl)O[SiH3]. The number of rotatable bonds is 2. The minimum Gasteiger partial charge on any atom is -0.398 e. The maximum absolute atomic E-state index is 5.50. The van der Waals surface area contributed by atoms with Gasteiger partial charge in [0.05, 0.1) is 5.38 Å². The highest BCUT2D eigenvalue weighted by Crippen LogP contribution is 2.28. The average molecular weight is 194 g/mol. The maximum atomic E-state index is 5.50. The summed E-state index contributed by atoms with van der Waals surface area (Å²) in [5.41, 5.74) is 0. The van der Waals surface area contributed by atoms with E-state index in [9.17, 15) is 0 Å². The topological polar surface area (TPSA) is 9.23 Å². The molecule has 0 aromatic heterocycles. The monoisotopic (exact) mass is 192 g/mol. The van der Waals surface area contributed by atoms with Crippen molar-refractivity contribution in [3.8, 4) is 0 Å². The Kier molecular flexibility index (Phi) is 3.70. The van der Waals surface area contributed by atoms with Gasteiger partial charge < -0.3 is 4.43 Å². The molecule has 1 nitrogen and oxygen atoms in total. The summed E-state index contributed by atoms with van der Waals surface area (Å²) in [6.07, 6.45) is 0. The summed E-state index contributed by atoms with van der Waals surface area (Å²) >= 11 is 16.5. The van der Waals surface area contributed by atoms with E-state index in [4.69, 9.17) is 39.2 Å². The summed E-state index contributed by atoms with van der Waals surface area (Å²) in [4.78, 5) is 0. The van der Waals surface area contributed by atoms with Crippen LogP contribution in [0.3, 0.4) is 0 Å². The van der Waals surface area contributed by atoms with E-state index in [1.54, 1.807) is 6.92 Å². The molecule has 0 radical (unpaired) electrons. The zero-order valence-corrected chi connectivity index (χ0v) is 8.89. The van der Waals surface area contributed by atoms with Crippen molar-refractivity contribution in [2.75, 3.05) is 0 Å². The molecule has 0 aliphatic rings. The van der Waals surface area contributed by atoms with Gasteiger partial charge in [0.1, 0.15) is 10.5 Å². The van der Waals surface area contributed by atoms with E-state index in [-0.39, 0.29) is 5.38 Å². The maximum Gasteiger partial charge on any atom is 0.223 e. The molecule has 1 unspecified atom stereocenters. The van der Waals surface area contributed by atoms with Gasteiger partial charge in [-0.3, -0.25) is 0 Å². The van der Waals surface area contributed by atoms with Gasteiger partial charge in [-0.15, -0.1) is 11.6 Å². The fraction of sp³-hybridized carbons (Fsp3) is 1.00. The van der Waals surface area contributed by atoms with Gasteiger partial charge in [0.15, 0.2) is 0 Å². The van der Waals surface area contributed by atoms with Gasteiger partial charge in [-0.2, -0.15) is 0 Å².